The van der Waals surface area contributed by atoms with Crippen LogP contribution in [0.15, 0.2) is 58.5 Å². The van der Waals surface area contributed by atoms with E-state index < -0.39 is 0 Å². The van der Waals surface area contributed by atoms with Gasteiger partial charge in [-0.25, -0.2) is 4.98 Å². The largest absolute Gasteiger partial charge is 0.468 e. The molecular weight excluding hydrogens is 336 g/mol. The Kier molecular flexibility index (Phi) is 5.19. The molecule has 0 amide bonds. The van der Waals surface area contributed by atoms with Crippen molar-refractivity contribution >= 4 is 28.6 Å². The summed E-state index contributed by atoms with van der Waals surface area (Å²) in [5.41, 5.74) is 2.38. The Morgan fingerprint density at radius 3 is 2.56 bits per heavy atom. The van der Waals surface area contributed by atoms with Crippen LogP contribution in [0.25, 0.3) is 16.6 Å². The van der Waals surface area contributed by atoms with E-state index in [0.717, 1.165) is 12.1 Å². The van der Waals surface area contributed by atoms with Crippen molar-refractivity contribution in [2.45, 2.75) is 18.5 Å². The first kappa shape index (κ1) is 17.2. The fourth-order valence-corrected chi connectivity index (χ4v) is 3.35. The molecule has 0 bridgehead atoms. The van der Waals surface area contributed by atoms with Gasteiger partial charge in [0.15, 0.2) is 5.16 Å². The number of rotatable bonds is 5. The molecule has 2 aromatic carbocycles. The van der Waals surface area contributed by atoms with Gasteiger partial charge in [-0.15, -0.1) is 0 Å². The zero-order valence-electron chi connectivity index (χ0n) is 14.1. The van der Waals surface area contributed by atoms with Crippen LogP contribution >= 0.6 is 11.8 Å². The van der Waals surface area contributed by atoms with Crippen LogP contribution in [0.1, 0.15) is 12.5 Å². The molecule has 0 fully saturated rings. The summed E-state index contributed by atoms with van der Waals surface area (Å²) in [6.07, 6.45) is 0.926. The van der Waals surface area contributed by atoms with Crippen LogP contribution in [0, 0.1) is 0 Å². The molecule has 128 valence electrons. The van der Waals surface area contributed by atoms with Crippen molar-refractivity contribution in [3.63, 3.8) is 0 Å². The normalized spacial score (nSPS) is 10.8. The standard InChI is InChI=1S/C19H18N2O3S/c1-3-13-8-10-14(11-9-13)21-18(23)15-6-4-5-7-16(15)20-19(21)25-12-17(22)24-2/h4-11H,3,12H2,1-2H3. The number of nitrogens with zero attached hydrogens (tertiary/aromatic N) is 2. The monoisotopic (exact) mass is 354 g/mol. The summed E-state index contributed by atoms with van der Waals surface area (Å²) in [6, 6.07) is 15.0. The number of hydrogen-bond acceptors (Lipinski definition) is 5. The molecule has 0 atom stereocenters. The quantitative estimate of drug-likeness (QED) is 0.400. The highest BCUT2D eigenvalue weighted by molar-refractivity contribution is 7.99. The van der Waals surface area contributed by atoms with E-state index >= 15 is 0 Å². The van der Waals surface area contributed by atoms with Crippen molar-refractivity contribution < 1.29 is 9.53 Å². The van der Waals surface area contributed by atoms with Crippen LogP contribution in [0.5, 0.6) is 0 Å². The number of benzene rings is 2. The van der Waals surface area contributed by atoms with Gasteiger partial charge in [0.1, 0.15) is 0 Å². The lowest BCUT2D eigenvalue weighted by Gasteiger charge is -2.13. The van der Waals surface area contributed by atoms with Crippen molar-refractivity contribution in [2.75, 3.05) is 12.9 Å². The van der Waals surface area contributed by atoms with Crippen LogP contribution in [0.4, 0.5) is 0 Å². The van der Waals surface area contributed by atoms with Crippen LogP contribution in [-0.2, 0) is 16.0 Å². The van der Waals surface area contributed by atoms with Gasteiger partial charge in [0.05, 0.1) is 29.5 Å². The molecule has 6 heteroatoms. The number of ether oxygens (including phenoxy) is 1. The fraction of sp³-hybridized carbons (Fsp3) is 0.211. The number of thioether (sulfide) groups is 1. The third kappa shape index (κ3) is 3.58. The highest BCUT2D eigenvalue weighted by atomic mass is 32.2. The SMILES string of the molecule is CCc1ccc(-n2c(SCC(=O)OC)nc3ccccc3c2=O)cc1. The van der Waals surface area contributed by atoms with Crippen LogP contribution in [0.3, 0.4) is 0 Å². The van der Waals surface area contributed by atoms with Gasteiger partial charge in [-0.3, -0.25) is 14.2 Å². The second kappa shape index (κ2) is 7.53. The minimum Gasteiger partial charge on any atom is -0.468 e. The predicted molar refractivity (Wildman–Crippen MR) is 99.5 cm³/mol. The van der Waals surface area contributed by atoms with Crippen molar-refractivity contribution in [1.82, 2.24) is 9.55 Å². The summed E-state index contributed by atoms with van der Waals surface area (Å²) in [6.45, 7) is 2.08. The molecule has 0 aliphatic carbocycles. The minimum absolute atomic E-state index is 0.0916. The molecule has 1 heterocycles. The molecule has 0 saturated carbocycles. The second-order valence-corrected chi connectivity index (χ2v) is 6.38. The third-order valence-electron chi connectivity index (χ3n) is 3.89. The maximum atomic E-state index is 13.0. The summed E-state index contributed by atoms with van der Waals surface area (Å²) in [4.78, 5) is 29.1. The van der Waals surface area contributed by atoms with Crippen molar-refractivity contribution in [3.05, 3.63) is 64.4 Å². The Labute approximate surface area is 149 Å². The first-order valence-electron chi connectivity index (χ1n) is 7.94. The van der Waals surface area contributed by atoms with E-state index in [9.17, 15) is 9.59 Å². The molecule has 3 rings (SSSR count). The topological polar surface area (TPSA) is 61.2 Å². The van der Waals surface area contributed by atoms with Crippen molar-refractivity contribution in [1.29, 1.82) is 0 Å². The minimum atomic E-state index is -0.361. The van der Waals surface area contributed by atoms with Crippen molar-refractivity contribution in [3.8, 4) is 5.69 Å². The summed E-state index contributed by atoms with van der Waals surface area (Å²) >= 11 is 1.19. The van der Waals surface area contributed by atoms with Gasteiger partial charge < -0.3 is 4.74 Å². The Balaban J connectivity index is 2.16. The Hall–Kier alpha value is -2.60. The number of para-hydroxylation sites is 1. The summed E-state index contributed by atoms with van der Waals surface area (Å²) in [7, 11) is 1.34. The van der Waals surface area contributed by atoms with Crippen LogP contribution in [0.2, 0.25) is 0 Å². The molecule has 0 aliphatic rings. The van der Waals surface area contributed by atoms with E-state index in [1.54, 1.807) is 16.7 Å². The number of fused-ring (bicyclic) bond motifs is 1. The van der Waals surface area contributed by atoms with Gasteiger partial charge in [0.25, 0.3) is 5.56 Å². The molecule has 0 aliphatic heterocycles. The van der Waals surface area contributed by atoms with E-state index in [1.807, 2.05) is 36.4 Å². The lowest BCUT2D eigenvalue weighted by molar-refractivity contribution is -0.137. The zero-order valence-corrected chi connectivity index (χ0v) is 14.9. The molecule has 3 aromatic rings. The Morgan fingerprint density at radius 1 is 1.16 bits per heavy atom. The number of carbonyl (C=O) groups is 1. The molecule has 0 spiro atoms. The third-order valence-corrected chi connectivity index (χ3v) is 4.81. The van der Waals surface area contributed by atoms with E-state index in [-0.39, 0.29) is 17.3 Å². The molecule has 5 nitrogen and oxygen atoms in total. The number of aromatic nitrogens is 2. The molecule has 1 aromatic heterocycles. The maximum absolute atomic E-state index is 13.0. The van der Waals surface area contributed by atoms with Gasteiger partial charge in [-0.05, 0) is 36.2 Å². The highest BCUT2D eigenvalue weighted by Gasteiger charge is 2.14. The van der Waals surface area contributed by atoms with Gasteiger partial charge in [0.2, 0.25) is 0 Å². The average Bonchev–Trinajstić information content (AvgIpc) is 2.66. The summed E-state index contributed by atoms with van der Waals surface area (Å²) < 4.78 is 6.24. The molecule has 0 unspecified atom stereocenters. The van der Waals surface area contributed by atoms with Gasteiger partial charge in [-0.1, -0.05) is 43.0 Å². The molecule has 25 heavy (non-hydrogen) atoms. The molecule has 0 saturated heterocycles. The second-order valence-electron chi connectivity index (χ2n) is 5.44. The average molecular weight is 354 g/mol. The summed E-state index contributed by atoms with van der Waals surface area (Å²) in [5.74, 6) is -0.269. The van der Waals surface area contributed by atoms with Gasteiger partial charge in [-0.2, -0.15) is 0 Å². The van der Waals surface area contributed by atoms with Gasteiger partial charge >= 0.3 is 5.97 Å². The van der Waals surface area contributed by atoms with E-state index in [0.29, 0.717) is 16.1 Å². The van der Waals surface area contributed by atoms with Gasteiger partial charge in [0, 0.05) is 0 Å². The molecular formula is C19H18N2O3S. The van der Waals surface area contributed by atoms with E-state index in [1.165, 1.54) is 24.4 Å². The van der Waals surface area contributed by atoms with Crippen LogP contribution < -0.4 is 5.56 Å². The van der Waals surface area contributed by atoms with Crippen LogP contribution in [-0.4, -0.2) is 28.4 Å². The number of methoxy groups -OCH3 is 1. The number of hydrogen-bond donors (Lipinski definition) is 0. The van der Waals surface area contributed by atoms with Crippen molar-refractivity contribution in [2.24, 2.45) is 0 Å². The summed E-state index contributed by atoms with van der Waals surface area (Å²) in [5, 5.41) is 1.02. The number of esters is 1. The predicted octanol–water partition coefficient (Wildman–Crippen LogP) is 3.21. The zero-order chi connectivity index (χ0) is 17.8. The maximum Gasteiger partial charge on any atom is 0.316 e. The lowest BCUT2D eigenvalue weighted by atomic mass is 10.1. The van der Waals surface area contributed by atoms with E-state index in [4.69, 9.17) is 4.74 Å². The fourth-order valence-electron chi connectivity index (χ4n) is 2.50. The highest BCUT2D eigenvalue weighted by Crippen LogP contribution is 2.21. The first-order chi connectivity index (χ1) is 12.1. The smallest absolute Gasteiger partial charge is 0.316 e. The first-order valence-corrected chi connectivity index (χ1v) is 8.93. The Bertz CT molecular complexity index is 965. The number of carbonyl (C=O) groups excluding carboxylic acids is 1. The van der Waals surface area contributed by atoms with E-state index in [2.05, 4.69) is 11.9 Å². The number of aryl methyl sites for hydroxylation is 1. The molecule has 0 N–H and O–H groups in total. The lowest BCUT2D eigenvalue weighted by Crippen LogP contribution is -2.22. The Morgan fingerprint density at radius 2 is 1.88 bits per heavy atom. The molecule has 0 radical (unpaired) electrons.